The quantitative estimate of drug-likeness (QED) is 0.715. The summed E-state index contributed by atoms with van der Waals surface area (Å²) in [6.45, 7) is 6.20. The number of piperidine rings is 1. The van der Waals surface area contributed by atoms with E-state index < -0.39 is 0 Å². The fourth-order valence-electron chi connectivity index (χ4n) is 3.63. The molecule has 0 bridgehead atoms. The van der Waals surface area contributed by atoms with Gasteiger partial charge in [0.05, 0.1) is 11.4 Å². The minimum atomic E-state index is -0.211. The molecule has 0 radical (unpaired) electrons. The van der Waals surface area contributed by atoms with Crippen LogP contribution in [0, 0.1) is 0 Å². The molecular weight excluding hydrogens is 344 g/mol. The van der Waals surface area contributed by atoms with Crippen LogP contribution in [0.25, 0.3) is 0 Å². The number of carbonyl (C=O) groups is 2. The molecule has 138 valence electrons. The molecule has 4 nitrogen and oxygen atoms in total. The first-order valence-corrected chi connectivity index (χ1v) is 10.1. The molecule has 2 aromatic rings. The number of carbonyl (C=O) groups excluding carboxylic acids is 2. The number of hydrogen-bond donors (Lipinski definition) is 0. The van der Waals surface area contributed by atoms with E-state index in [1.165, 1.54) is 11.3 Å². The molecule has 0 aliphatic carbocycles. The number of likely N-dealkylation sites (tertiary alicyclic amines) is 1. The Labute approximate surface area is 159 Å². The van der Waals surface area contributed by atoms with Crippen molar-refractivity contribution in [2.45, 2.75) is 38.6 Å². The maximum atomic E-state index is 12.7. The number of hydrogen-bond acceptors (Lipinski definition) is 4. The summed E-state index contributed by atoms with van der Waals surface area (Å²) in [5, 5.41) is 1.94. The van der Waals surface area contributed by atoms with E-state index in [-0.39, 0.29) is 17.2 Å². The summed E-state index contributed by atoms with van der Waals surface area (Å²) in [6, 6.07) is 13.7. The van der Waals surface area contributed by atoms with Gasteiger partial charge in [0.15, 0.2) is 5.78 Å². The fraction of sp³-hybridized carbons (Fsp3) is 0.429. The van der Waals surface area contributed by atoms with Gasteiger partial charge < -0.3 is 4.90 Å². The molecule has 1 aliphatic heterocycles. The number of nitrogens with zero attached hydrogens (tertiary/aromatic N) is 2. The lowest BCUT2D eigenvalue weighted by Gasteiger charge is -2.46. The number of anilines is 1. The van der Waals surface area contributed by atoms with Gasteiger partial charge in [-0.25, -0.2) is 0 Å². The molecule has 1 aromatic carbocycles. The third kappa shape index (κ3) is 4.05. The zero-order valence-corrected chi connectivity index (χ0v) is 16.3. The Bertz CT molecular complexity index is 735. The third-order valence-electron chi connectivity index (χ3n) is 5.20. The van der Waals surface area contributed by atoms with Crippen molar-refractivity contribution in [3.8, 4) is 0 Å². The van der Waals surface area contributed by atoms with Gasteiger partial charge in [0.2, 0.25) is 5.91 Å². The molecule has 1 aliphatic rings. The van der Waals surface area contributed by atoms with Crippen molar-refractivity contribution in [3.63, 3.8) is 0 Å². The molecule has 3 rings (SSSR count). The largest absolute Gasteiger partial charge is 0.307 e. The van der Waals surface area contributed by atoms with Gasteiger partial charge in [-0.05, 0) is 43.3 Å². The molecule has 1 amide bonds. The monoisotopic (exact) mass is 370 g/mol. The normalized spacial score (nSPS) is 17.0. The molecule has 0 saturated carbocycles. The van der Waals surface area contributed by atoms with Crippen molar-refractivity contribution >= 4 is 28.7 Å². The summed E-state index contributed by atoms with van der Waals surface area (Å²) >= 11 is 1.50. The molecule has 0 atom stereocenters. The molecule has 0 unspecified atom stereocenters. The summed E-state index contributed by atoms with van der Waals surface area (Å²) in [5.41, 5.74) is 0.752. The fourth-order valence-corrected chi connectivity index (χ4v) is 4.28. The summed E-state index contributed by atoms with van der Waals surface area (Å²) < 4.78 is 0. The van der Waals surface area contributed by atoms with Gasteiger partial charge in [-0.2, -0.15) is 0 Å². The highest BCUT2D eigenvalue weighted by molar-refractivity contribution is 7.12. The van der Waals surface area contributed by atoms with Crippen LogP contribution in [0.4, 0.5) is 5.69 Å². The number of rotatable bonds is 6. The lowest BCUT2D eigenvalue weighted by molar-refractivity contribution is -0.119. The molecule has 26 heavy (non-hydrogen) atoms. The molecule has 1 saturated heterocycles. The van der Waals surface area contributed by atoms with Crippen molar-refractivity contribution in [2.75, 3.05) is 24.5 Å². The second-order valence-corrected chi connectivity index (χ2v) is 8.04. The van der Waals surface area contributed by atoms with E-state index in [2.05, 4.69) is 11.8 Å². The van der Waals surface area contributed by atoms with Crippen molar-refractivity contribution < 1.29 is 9.59 Å². The van der Waals surface area contributed by atoms with Crippen molar-refractivity contribution in [1.29, 1.82) is 0 Å². The van der Waals surface area contributed by atoms with E-state index >= 15 is 0 Å². The van der Waals surface area contributed by atoms with Gasteiger partial charge in [-0.3, -0.25) is 14.5 Å². The molecule has 5 heteroatoms. The smallest absolute Gasteiger partial charge is 0.227 e. The molecule has 1 fully saturated rings. The number of thiophene rings is 1. The second-order valence-electron chi connectivity index (χ2n) is 7.09. The second kappa shape index (κ2) is 8.14. The van der Waals surface area contributed by atoms with Gasteiger partial charge >= 0.3 is 0 Å². The minimum absolute atomic E-state index is 0.154. The van der Waals surface area contributed by atoms with Crippen LogP contribution in [0.15, 0.2) is 47.8 Å². The van der Waals surface area contributed by atoms with Crippen LogP contribution in [0.3, 0.4) is 0 Å². The Hall–Kier alpha value is -1.98. The average Bonchev–Trinajstić information content (AvgIpc) is 3.19. The van der Waals surface area contributed by atoms with E-state index in [1.54, 1.807) is 0 Å². The average molecular weight is 371 g/mol. The van der Waals surface area contributed by atoms with E-state index in [1.807, 2.05) is 59.7 Å². The summed E-state index contributed by atoms with van der Waals surface area (Å²) in [5.74, 6) is 0.343. The van der Waals surface area contributed by atoms with Crippen LogP contribution in [-0.2, 0) is 4.79 Å². The maximum Gasteiger partial charge on any atom is 0.227 e. The first-order chi connectivity index (χ1) is 12.5. The molecule has 0 spiro atoms. The van der Waals surface area contributed by atoms with Gasteiger partial charge in [0, 0.05) is 30.7 Å². The molecular formula is C21H26N2O2S. The van der Waals surface area contributed by atoms with Crippen molar-refractivity contribution in [3.05, 3.63) is 52.7 Å². The van der Waals surface area contributed by atoms with Crippen molar-refractivity contribution in [1.82, 2.24) is 4.90 Å². The standard InChI is InChI=1S/C21H26N2O2S/c1-3-20(25)23(17-8-5-4-6-9-17)21(2)11-13-22(14-12-21)16-18(24)19-10-7-15-26-19/h4-10,15H,3,11-14,16H2,1-2H3. The number of amides is 1. The first-order valence-electron chi connectivity index (χ1n) is 9.20. The van der Waals surface area contributed by atoms with Gasteiger partial charge in [0.1, 0.15) is 0 Å². The van der Waals surface area contributed by atoms with E-state index in [4.69, 9.17) is 0 Å². The van der Waals surface area contributed by atoms with E-state index in [0.29, 0.717) is 13.0 Å². The Morgan fingerprint density at radius 2 is 1.81 bits per heavy atom. The van der Waals surface area contributed by atoms with Gasteiger partial charge in [-0.1, -0.05) is 31.2 Å². The SMILES string of the molecule is CCC(=O)N(c1ccccc1)C1(C)CCN(CC(=O)c2cccs2)CC1. The van der Waals surface area contributed by atoms with Crippen LogP contribution < -0.4 is 4.90 Å². The predicted octanol–water partition coefficient (Wildman–Crippen LogP) is 4.23. The van der Waals surface area contributed by atoms with Crippen LogP contribution in [0.1, 0.15) is 42.8 Å². The van der Waals surface area contributed by atoms with Crippen LogP contribution in [-0.4, -0.2) is 41.8 Å². The molecule has 0 N–H and O–H groups in total. The maximum absolute atomic E-state index is 12.7. The van der Waals surface area contributed by atoms with E-state index in [9.17, 15) is 9.59 Å². The summed E-state index contributed by atoms with van der Waals surface area (Å²) in [6.07, 6.45) is 2.22. The number of para-hydroxylation sites is 1. The van der Waals surface area contributed by atoms with Crippen LogP contribution in [0.5, 0.6) is 0 Å². The highest BCUT2D eigenvalue weighted by Crippen LogP contribution is 2.33. The van der Waals surface area contributed by atoms with Crippen molar-refractivity contribution in [2.24, 2.45) is 0 Å². The van der Waals surface area contributed by atoms with Gasteiger partial charge in [0.25, 0.3) is 0 Å². The molecule has 1 aromatic heterocycles. The number of ketones is 1. The highest BCUT2D eigenvalue weighted by Gasteiger charge is 2.39. The zero-order valence-electron chi connectivity index (χ0n) is 15.5. The van der Waals surface area contributed by atoms with Crippen LogP contribution in [0.2, 0.25) is 0 Å². The Morgan fingerprint density at radius 1 is 1.12 bits per heavy atom. The Kier molecular flexibility index (Phi) is 5.89. The van der Waals surface area contributed by atoms with E-state index in [0.717, 1.165) is 36.5 Å². The summed E-state index contributed by atoms with van der Waals surface area (Å²) in [7, 11) is 0. The number of Topliss-reactive ketones (excluding diaryl/α,β-unsaturated/α-hetero) is 1. The lowest BCUT2D eigenvalue weighted by Crippen LogP contribution is -2.56. The van der Waals surface area contributed by atoms with Gasteiger partial charge in [-0.15, -0.1) is 11.3 Å². The highest BCUT2D eigenvalue weighted by atomic mass is 32.1. The minimum Gasteiger partial charge on any atom is -0.307 e. The topological polar surface area (TPSA) is 40.6 Å². The number of benzene rings is 1. The lowest BCUT2D eigenvalue weighted by atomic mass is 9.86. The third-order valence-corrected chi connectivity index (χ3v) is 6.11. The Morgan fingerprint density at radius 3 is 2.38 bits per heavy atom. The predicted molar refractivity (Wildman–Crippen MR) is 107 cm³/mol. The Balaban J connectivity index is 1.69. The first kappa shape index (κ1) is 18.8. The summed E-state index contributed by atoms with van der Waals surface area (Å²) in [4.78, 5) is 30.1. The van der Waals surface area contributed by atoms with Crippen LogP contribution >= 0.6 is 11.3 Å². The zero-order chi connectivity index (χ0) is 18.6. The molecule has 2 heterocycles.